The second-order valence-electron chi connectivity index (χ2n) is 6.78. The smallest absolute Gasteiger partial charge is 0.252 e. The minimum atomic E-state index is -2.67. The monoisotopic (exact) mass is 355 g/mol. The van der Waals surface area contributed by atoms with Gasteiger partial charge in [-0.15, -0.1) is 0 Å². The minimum absolute atomic E-state index is 0.0166. The summed E-state index contributed by atoms with van der Waals surface area (Å²) >= 11 is 0. The summed E-state index contributed by atoms with van der Waals surface area (Å²) in [4.78, 5) is 24.1. The van der Waals surface area contributed by atoms with Crippen molar-refractivity contribution in [2.24, 2.45) is 0 Å². The fourth-order valence-corrected chi connectivity index (χ4v) is 2.87. The topological polar surface area (TPSA) is 79.8 Å². The summed E-state index contributed by atoms with van der Waals surface area (Å²) in [6, 6.07) is -0.424. The van der Waals surface area contributed by atoms with E-state index in [9.17, 15) is 18.0 Å². The molecule has 0 bridgehead atoms. The summed E-state index contributed by atoms with van der Waals surface area (Å²) in [5, 5.41) is 5.84. The van der Waals surface area contributed by atoms with E-state index in [1.807, 2.05) is 13.8 Å². The summed E-state index contributed by atoms with van der Waals surface area (Å²) < 4.78 is 40.2. The Hall–Kier alpha value is -2.19. The standard InChI is InChI=1S/C16H20F3N5O/c1-8(2)20-14-22-13(10-4-3-5-11(25)12(10)17)23-15(24-14)21-9-6-16(18,19)7-9/h8-9H,3-7H2,1-2H3,(H2,20,21,22,23,24). The van der Waals surface area contributed by atoms with Gasteiger partial charge in [-0.05, 0) is 26.7 Å². The van der Waals surface area contributed by atoms with Crippen LogP contribution in [-0.2, 0) is 4.79 Å². The van der Waals surface area contributed by atoms with Crippen molar-refractivity contribution in [2.75, 3.05) is 10.6 Å². The second kappa shape index (κ2) is 6.61. The Balaban J connectivity index is 1.90. The zero-order valence-electron chi connectivity index (χ0n) is 14.1. The Labute approximate surface area is 143 Å². The van der Waals surface area contributed by atoms with Crippen LogP contribution in [0.25, 0.3) is 5.57 Å². The Bertz CT molecular complexity index is 712. The van der Waals surface area contributed by atoms with Gasteiger partial charge in [-0.2, -0.15) is 15.0 Å². The molecule has 2 aliphatic rings. The van der Waals surface area contributed by atoms with Crippen molar-refractivity contribution >= 4 is 23.3 Å². The highest BCUT2D eigenvalue weighted by Crippen LogP contribution is 2.39. The highest BCUT2D eigenvalue weighted by atomic mass is 19.3. The van der Waals surface area contributed by atoms with Crippen molar-refractivity contribution in [1.29, 1.82) is 0 Å². The third-order valence-electron chi connectivity index (χ3n) is 4.09. The van der Waals surface area contributed by atoms with E-state index >= 15 is 0 Å². The van der Waals surface area contributed by atoms with Gasteiger partial charge in [0.05, 0.1) is 0 Å². The van der Waals surface area contributed by atoms with Crippen LogP contribution in [0.4, 0.5) is 25.1 Å². The Morgan fingerprint density at radius 3 is 2.44 bits per heavy atom. The molecule has 0 unspecified atom stereocenters. The zero-order chi connectivity index (χ0) is 18.2. The van der Waals surface area contributed by atoms with Crippen LogP contribution in [0, 0.1) is 0 Å². The van der Waals surface area contributed by atoms with Crippen LogP contribution < -0.4 is 10.6 Å². The molecule has 1 saturated carbocycles. The lowest BCUT2D eigenvalue weighted by Gasteiger charge is -2.35. The van der Waals surface area contributed by atoms with Crippen molar-refractivity contribution in [3.05, 3.63) is 11.7 Å². The lowest BCUT2D eigenvalue weighted by Crippen LogP contribution is -2.44. The van der Waals surface area contributed by atoms with Gasteiger partial charge in [-0.3, -0.25) is 4.79 Å². The molecule has 6 nitrogen and oxygen atoms in total. The summed E-state index contributed by atoms with van der Waals surface area (Å²) in [7, 11) is 0. The lowest BCUT2D eigenvalue weighted by molar-refractivity contribution is -0.117. The third kappa shape index (κ3) is 4.08. The maximum atomic E-state index is 14.2. The number of nitrogens with zero attached hydrogens (tertiary/aromatic N) is 3. The summed E-state index contributed by atoms with van der Waals surface area (Å²) in [6.45, 7) is 3.76. The number of carbonyl (C=O) groups excluding carboxylic acids is 1. The molecule has 0 saturated heterocycles. The molecular formula is C16H20F3N5O. The van der Waals surface area contributed by atoms with Crippen molar-refractivity contribution in [3.63, 3.8) is 0 Å². The fraction of sp³-hybridized carbons (Fsp3) is 0.625. The molecule has 25 heavy (non-hydrogen) atoms. The molecule has 1 fully saturated rings. The molecule has 136 valence electrons. The molecule has 1 aromatic heterocycles. The minimum Gasteiger partial charge on any atom is -0.352 e. The first-order valence-electron chi connectivity index (χ1n) is 8.33. The van der Waals surface area contributed by atoms with Gasteiger partial charge in [0.2, 0.25) is 11.9 Å². The number of halogens is 3. The largest absolute Gasteiger partial charge is 0.352 e. The molecule has 0 aromatic carbocycles. The van der Waals surface area contributed by atoms with Crippen molar-refractivity contribution in [3.8, 4) is 0 Å². The van der Waals surface area contributed by atoms with E-state index in [0.717, 1.165) is 0 Å². The van der Waals surface area contributed by atoms with Crippen LogP contribution in [-0.4, -0.2) is 38.7 Å². The number of hydrogen-bond acceptors (Lipinski definition) is 6. The van der Waals surface area contributed by atoms with Crippen molar-refractivity contribution < 1.29 is 18.0 Å². The number of nitrogens with one attached hydrogen (secondary N) is 2. The van der Waals surface area contributed by atoms with Crippen LogP contribution in [0.1, 0.15) is 51.8 Å². The SMILES string of the molecule is CC(C)Nc1nc(NC2CC(F)(F)C2)nc(C2=C(F)C(=O)CCC2)n1. The summed E-state index contributed by atoms with van der Waals surface area (Å²) in [5.41, 5.74) is 0.146. The number of hydrogen-bond donors (Lipinski definition) is 2. The number of Topliss-reactive ketones (excluding diaryl/α,β-unsaturated/α-hetero) is 1. The second-order valence-corrected chi connectivity index (χ2v) is 6.78. The molecule has 0 aliphatic heterocycles. The van der Waals surface area contributed by atoms with Gasteiger partial charge in [0.25, 0.3) is 5.92 Å². The molecule has 0 spiro atoms. The first-order valence-corrected chi connectivity index (χ1v) is 8.33. The summed E-state index contributed by atoms with van der Waals surface area (Å²) in [6.07, 6.45) is 0.453. The Kier molecular flexibility index (Phi) is 4.66. The van der Waals surface area contributed by atoms with E-state index in [1.54, 1.807) is 0 Å². The van der Waals surface area contributed by atoms with Crippen molar-refractivity contribution in [2.45, 2.75) is 64.0 Å². The van der Waals surface area contributed by atoms with E-state index in [1.165, 1.54) is 0 Å². The number of alkyl halides is 2. The molecule has 1 heterocycles. The lowest BCUT2D eigenvalue weighted by atomic mass is 9.88. The number of aromatic nitrogens is 3. The molecule has 3 rings (SSSR count). The third-order valence-corrected chi connectivity index (χ3v) is 4.09. The van der Waals surface area contributed by atoms with Gasteiger partial charge < -0.3 is 10.6 Å². The molecule has 2 N–H and O–H groups in total. The predicted octanol–water partition coefficient (Wildman–Crippen LogP) is 3.34. The maximum Gasteiger partial charge on any atom is 0.252 e. The molecule has 9 heteroatoms. The molecule has 0 amide bonds. The number of anilines is 2. The highest BCUT2D eigenvalue weighted by Gasteiger charge is 2.45. The quantitative estimate of drug-likeness (QED) is 0.843. The predicted molar refractivity (Wildman–Crippen MR) is 87.1 cm³/mol. The normalized spacial score (nSPS) is 20.6. The highest BCUT2D eigenvalue weighted by molar-refractivity contribution is 6.01. The van der Waals surface area contributed by atoms with E-state index in [2.05, 4.69) is 25.6 Å². The fourth-order valence-electron chi connectivity index (χ4n) is 2.87. The molecule has 0 radical (unpaired) electrons. The van der Waals surface area contributed by atoms with Crippen LogP contribution in [0.5, 0.6) is 0 Å². The van der Waals surface area contributed by atoms with Crippen molar-refractivity contribution in [1.82, 2.24) is 15.0 Å². The van der Waals surface area contributed by atoms with E-state index in [4.69, 9.17) is 0 Å². The molecule has 1 aromatic rings. The number of allylic oxidation sites excluding steroid dienone is 2. The van der Waals surface area contributed by atoms with Gasteiger partial charge in [0, 0.05) is 36.9 Å². The van der Waals surface area contributed by atoms with Crippen LogP contribution >= 0.6 is 0 Å². The van der Waals surface area contributed by atoms with Crippen LogP contribution in [0.15, 0.2) is 5.83 Å². The average molecular weight is 355 g/mol. The number of ketones is 1. The average Bonchev–Trinajstić information content (AvgIpc) is 2.47. The van der Waals surface area contributed by atoms with Crippen LogP contribution in [0.3, 0.4) is 0 Å². The van der Waals surface area contributed by atoms with E-state index in [0.29, 0.717) is 12.8 Å². The molecule has 0 atom stereocenters. The van der Waals surface area contributed by atoms with Crippen LogP contribution in [0.2, 0.25) is 0 Å². The first-order chi connectivity index (χ1) is 11.7. The number of carbonyl (C=O) groups is 1. The summed E-state index contributed by atoms with van der Waals surface area (Å²) in [5.74, 6) is -3.67. The Morgan fingerprint density at radius 1 is 1.12 bits per heavy atom. The van der Waals surface area contributed by atoms with E-state index in [-0.39, 0.29) is 48.6 Å². The maximum absolute atomic E-state index is 14.2. The molecule has 2 aliphatic carbocycles. The first kappa shape index (κ1) is 17.6. The van der Waals surface area contributed by atoms with Gasteiger partial charge >= 0.3 is 0 Å². The Morgan fingerprint density at radius 2 is 1.80 bits per heavy atom. The van der Waals surface area contributed by atoms with Gasteiger partial charge in [-0.25, -0.2) is 13.2 Å². The zero-order valence-corrected chi connectivity index (χ0v) is 14.1. The van der Waals surface area contributed by atoms with Gasteiger partial charge in [0.1, 0.15) is 0 Å². The van der Waals surface area contributed by atoms with E-state index < -0.39 is 23.6 Å². The van der Waals surface area contributed by atoms with Gasteiger partial charge in [0.15, 0.2) is 17.4 Å². The number of rotatable bonds is 5. The van der Waals surface area contributed by atoms with Gasteiger partial charge in [-0.1, -0.05) is 0 Å². The molecular weight excluding hydrogens is 335 g/mol.